The summed E-state index contributed by atoms with van der Waals surface area (Å²) < 4.78 is 0. The lowest BCUT2D eigenvalue weighted by molar-refractivity contribution is -0.140. The molecule has 0 amide bonds. The van der Waals surface area contributed by atoms with Crippen molar-refractivity contribution in [2.45, 2.75) is 77.4 Å². The van der Waals surface area contributed by atoms with E-state index in [2.05, 4.69) is 6.92 Å². The van der Waals surface area contributed by atoms with Crippen molar-refractivity contribution in [3.8, 4) is 0 Å². The number of carboxylic acids is 1. The number of carboxylic acid groups (broad SMARTS) is 1. The summed E-state index contributed by atoms with van der Waals surface area (Å²) >= 11 is 0. The van der Waals surface area contributed by atoms with Gasteiger partial charge in [0.05, 0.1) is 18.6 Å². The Morgan fingerprint density at radius 2 is 2.15 bits per heavy atom. The molecule has 4 nitrogen and oxygen atoms in total. The maximum absolute atomic E-state index is 11.0. The van der Waals surface area contributed by atoms with Crippen LogP contribution in [-0.4, -0.2) is 33.5 Å². The average molecular weight is 284 g/mol. The number of hydrogen-bond donors (Lipinski definition) is 3. The molecule has 1 aliphatic rings. The largest absolute Gasteiger partial charge is 0.481 e. The second-order valence-corrected chi connectivity index (χ2v) is 6.16. The first kappa shape index (κ1) is 17.2. The number of rotatable bonds is 9. The van der Waals surface area contributed by atoms with E-state index >= 15 is 0 Å². The Kier molecular flexibility index (Phi) is 6.69. The van der Waals surface area contributed by atoms with Gasteiger partial charge in [-0.25, -0.2) is 0 Å². The predicted molar refractivity (Wildman–Crippen MR) is 78.4 cm³/mol. The summed E-state index contributed by atoms with van der Waals surface area (Å²) in [6, 6.07) is 0. The Bertz CT molecular complexity index is 350. The van der Waals surface area contributed by atoms with Crippen LogP contribution in [0, 0.1) is 5.41 Å². The molecule has 4 heteroatoms. The number of aliphatic hydroxyl groups excluding tert-OH is 2. The minimum Gasteiger partial charge on any atom is -0.481 e. The molecule has 0 spiro atoms. The highest BCUT2D eigenvalue weighted by molar-refractivity contribution is 5.68. The van der Waals surface area contributed by atoms with E-state index in [1.807, 2.05) is 13.0 Å². The minimum atomic E-state index is -0.886. The fraction of sp³-hybridized carbons (Fsp3) is 0.812. The van der Waals surface area contributed by atoms with Crippen molar-refractivity contribution in [1.29, 1.82) is 0 Å². The van der Waals surface area contributed by atoms with Crippen LogP contribution in [0.3, 0.4) is 0 Å². The summed E-state index contributed by atoms with van der Waals surface area (Å²) in [5.74, 6) is -0.886. The first-order valence-electron chi connectivity index (χ1n) is 7.67. The summed E-state index contributed by atoms with van der Waals surface area (Å²) in [4.78, 5) is 11.0. The molecule has 0 saturated carbocycles. The van der Waals surface area contributed by atoms with Crippen LogP contribution in [-0.2, 0) is 4.79 Å². The summed E-state index contributed by atoms with van der Waals surface area (Å²) in [5, 5.41) is 29.0. The fourth-order valence-corrected chi connectivity index (χ4v) is 2.99. The van der Waals surface area contributed by atoms with Crippen molar-refractivity contribution >= 4 is 5.97 Å². The van der Waals surface area contributed by atoms with E-state index in [1.54, 1.807) is 0 Å². The van der Waals surface area contributed by atoms with Gasteiger partial charge in [-0.15, -0.1) is 0 Å². The maximum atomic E-state index is 11.0. The van der Waals surface area contributed by atoms with Gasteiger partial charge in [-0.1, -0.05) is 44.8 Å². The first-order chi connectivity index (χ1) is 9.40. The second kappa shape index (κ2) is 7.79. The Labute approximate surface area is 121 Å². The van der Waals surface area contributed by atoms with E-state index in [0.29, 0.717) is 19.3 Å². The highest BCUT2D eigenvalue weighted by Gasteiger charge is 2.41. The molecule has 1 aliphatic carbocycles. The molecular weight excluding hydrogens is 256 g/mol. The normalized spacial score (nSPS) is 27.4. The Hall–Kier alpha value is -0.870. The highest BCUT2D eigenvalue weighted by Crippen LogP contribution is 2.44. The maximum Gasteiger partial charge on any atom is 0.304 e. The topological polar surface area (TPSA) is 77.8 Å². The molecule has 0 heterocycles. The van der Waals surface area contributed by atoms with Gasteiger partial charge >= 0.3 is 5.97 Å². The Morgan fingerprint density at radius 1 is 1.45 bits per heavy atom. The molecule has 1 rings (SSSR count). The highest BCUT2D eigenvalue weighted by atomic mass is 16.4. The molecule has 0 aromatic carbocycles. The van der Waals surface area contributed by atoms with Gasteiger partial charge in [-0.2, -0.15) is 0 Å². The molecule has 0 fully saturated rings. The van der Waals surface area contributed by atoms with Gasteiger partial charge < -0.3 is 15.3 Å². The number of hydrogen-bond acceptors (Lipinski definition) is 3. The van der Waals surface area contributed by atoms with Gasteiger partial charge in [0.15, 0.2) is 0 Å². The molecule has 1 unspecified atom stereocenters. The quantitative estimate of drug-likeness (QED) is 0.449. The van der Waals surface area contributed by atoms with Gasteiger partial charge in [-0.3, -0.25) is 4.79 Å². The first-order valence-corrected chi connectivity index (χ1v) is 7.67. The van der Waals surface area contributed by atoms with Gasteiger partial charge in [0.2, 0.25) is 0 Å². The van der Waals surface area contributed by atoms with Crippen LogP contribution in [0.5, 0.6) is 0 Å². The number of aliphatic carboxylic acids is 1. The van der Waals surface area contributed by atoms with Gasteiger partial charge in [-0.05, 0) is 25.7 Å². The third kappa shape index (κ3) is 4.60. The monoisotopic (exact) mass is 284 g/mol. The van der Waals surface area contributed by atoms with Crippen molar-refractivity contribution in [3.05, 3.63) is 11.6 Å². The van der Waals surface area contributed by atoms with Crippen molar-refractivity contribution in [2.24, 2.45) is 5.41 Å². The number of carbonyl (C=O) groups is 1. The van der Waals surface area contributed by atoms with E-state index < -0.39 is 17.5 Å². The van der Waals surface area contributed by atoms with Crippen LogP contribution in [0.1, 0.15) is 65.2 Å². The van der Waals surface area contributed by atoms with Gasteiger partial charge in [0.1, 0.15) is 0 Å². The van der Waals surface area contributed by atoms with Crippen molar-refractivity contribution < 1.29 is 20.1 Å². The summed E-state index contributed by atoms with van der Waals surface area (Å²) in [6.45, 7) is 3.95. The van der Waals surface area contributed by atoms with E-state index in [-0.39, 0.29) is 12.5 Å². The number of aliphatic hydroxyl groups is 2. The molecule has 0 aromatic rings. The molecular formula is C16H28O4. The second-order valence-electron chi connectivity index (χ2n) is 6.16. The predicted octanol–water partition coefficient (Wildman–Crippen LogP) is 2.88. The average Bonchev–Trinajstić information content (AvgIpc) is 2.63. The lowest BCUT2D eigenvalue weighted by Gasteiger charge is -2.31. The zero-order valence-electron chi connectivity index (χ0n) is 12.6. The van der Waals surface area contributed by atoms with Crippen LogP contribution in [0.4, 0.5) is 0 Å². The minimum absolute atomic E-state index is 0.0497. The zero-order valence-corrected chi connectivity index (χ0v) is 12.6. The number of unbranched alkanes of at least 4 members (excludes halogenated alkanes) is 2. The summed E-state index contributed by atoms with van der Waals surface area (Å²) in [7, 11) is 0. The van der Waals surface area contributed by atoms with Crippen molar-refractivity contribution in [3.63, 3.8) is 0 Å². The lowest BCUT2D eigenvalue weighted by Crippen LogP contribution is -2.32. The van der Waals surface area contributed by atoms with Gasteiger partial charge in [0.25, 0.3) is 0 Å². The third-order valence-electron chi connectivity index (χ3n) is 4.46. The van der Waals surface area contributed by atoms with Crippen molar-refractivity contribution in [2.75, 3.05) is 0 Å². The van der Waals surface area contributed by atoms with E-state index in [1.165, 1.54) is 0 Å². The molecule has 3 N–H and O–H groups in total. The summed E-state index contributed by atoms with van der Waals surface area (Å²) in [6.07, 6.45) is 6.91. The molecule has 3 atom stereocenters. The SMILES string of the molecule is CCCCCC(O)CCC1=CC[C@H](O)[C@]1(C)CC(=O)O. The Balaban J connectivity index is 2.47. The van der Waals surface area contributed by atoms with Gasteiger partial charge in [0, 0.05) is 5.41 Å². The Morgan fingerprint density at radius 3 is 2.75 bits per heavy atom. The van der Waals surface area contributed by atoms with E-state index in [9.17, 15) is 15.0 Å². The van der Waals surface area contributed by atoms with Crippen LogP contribution < -0.4 is 0 Å². The molecule has 0 aliphatic heterocycles. The van der Waals surface area contributed by atoms with Crippen LogP contribution in [0.25, 0.3) is 0 Å². The smallest absolute Gasteiger partial charge is 0.304 e. The molecule has 0 saturated heterocycles. The molecule has 0 aromatic heterocycles. The molecule has 0 bridgehead atoms. The standard InChI is InChI=1S/C16H28O4/c1-3-4-5-6-13(17)9-7-12-8-10-14(18)16(12,2)11-15(19)20/h8,13-14,17-18H,3-7,9-11H2,1-2H3,(H,19,20)/t13?,14-,16+/m0/s1. The molecule has 116 valence electrons. The van der Waals surface area contributed by atoms with Crippen LogP contribution >= 0.6 is 0 Å². The zero-order chi connectivity index (χ0) is 15.2. The van der Waals surface area contributed by atoms with E-state index in [4.69, 9.17) is 5.11 Å². The fourth-order valence-electron chi connectivity index (χ4n) is 2.99. The van der Waals surface area contributed by atoms with Crippen LogP contribution in [0.2, 0.25) is 0 Å². The molecule has 0 radical (unpaired) electrons. The van der Waals surface area contributed by atoms with Crippen LogP contribution in [0.15, 0.2) is 11.6 Å². The summed E-state index contributed by atoms with van der Waals surface area (Å²) in [5.41, 5.74) is 0.316. The molecule has 20 heavy (non-hydrogen) atoms. The van der Waals surface area contributed by atoms with E-state index in [0.717, 1.165) is 31.3 Å². The third-order valence-corrected chi connectivity index (χ3v) is 4.46. The lowest BCUT2D eigenvalue weighted by atomic mass is 9.76. The van der Waals surface area contributed by atoms with Crippen molar-refractivity contribution in [1.82, 2.24) is 0 Å².